The SMILES string of the molecule is CCOC(=O)C1=C(c2ccccc2)N=c2s/c(=C\c3cc(Br)cc(Br)c3OC)c(=O)n2[C@@H]1c1ccc(SC)cc1. The fourth-order valence-corrected chi connectivity index (χ4v) is 7.41. The number of carbonyl (C=O) groups is 1. The van der Waals surface area contributed by atoms with Gasteiger partial charge in [-0.1, -0.05) is 69.7 Å². The van der Waals surface area contributed by atoms with Crippen molar-refractivity contribution in [1.29, 1.82) is 0 Å². The Morgan fingerprint density at radius 2 is 1.85 bits per heavy atom. The van der Waals surface area contributed by atoms with Crippen molar-refractivity contribution in [3.05, 3.63) is 118 Å². The minimum atomic E-state index is -0.722. The molecule has 3 aromatic carbocycles. The fraction of sp³-hybridized carbons (Fsp3) is 0.167. The monoisotopic (exact) mass is 698 g/mol. The molecule has 0 saturated carbocycles. The van der Waals surface area contributed by atoms with Gasteiger partial charge in [0, 0.05) is 20.5 Å². The van der Waals surface area contributed by atoms with Crippen molar-refractivity contribution >= 4 is 72.7 Å². The van der Waals surface area contributed by atoms with Gasteiger partial charge < -0.3 is 9.47 Å². The van der Waals surface area contributed by atoms with E-state index in [-0.39, 0.29) is 12.2 Å². The third-order valence-electron chi connectivity index (χ3n) is 6.33. The first kappa shape index (κ1) is 28.6. The molecule has 0 fully saturated rings. The number of ether oxygens (including phenoxy) is 2. The van der Waals surface area contributed by atoms with Crippen LogP contribution >= 0.6 is 55.0 Å². The predicted octanol–water partition coefficient (Wildman–Crippen LogP) is 6.19. The zero-order chi connectivity index (χ0) is 28.4. The van der Waals surface area contributed by atoms with E-state index in [2.05, 4.69) is 31.9 Å². The zero-order valence-corrected chi connectivity index (χ0v) is 26.6. The summed E-state index contributed by atoms with van der Waals surface area (Å²) >= 11 is 9.96. The van der Waals surface area contributed by atoms with Gasteiger partial charge in [-0.05, 0) is 65.0 Å². The maximum Gasteiger partial charge on any atom is 0.338 e. The van der Waals surface area contributed by atoms with Gasteiger partial charge in [-0.2, -0.15) is 0 Å². The molecular weight excluding hydrogens is 676 g/mol. The highest BCUT2D eigenvalue weighted by atomic mass is 79.9. The second kappa shape index (κ2) is 12.3. The number of methoxy groups -OCH3 is 1. The quantitative estimate of drug-likeness (QED) is 0.170. The lowest BCUT2D eigenvalue weighted by molar-refractivity contribution is -0.138. The van der Waals surface area contributed by atoms with Crippen LogP contribution in [-0.4, -0.2) is 30.5 Å². The summed E-state index contributed by atoms with van der Waals surface area (Å²) in [7, 11) is 1.59. The summed E-state index contributed by atoms with van der Waals surface area (Å²) in [4.78, 5) is 34.1. The second-order valence-electron chi connectivity index (χ2n) is 8.71. The van der Waals surface area contributed by atoms with Gasteiger partial charge in [-0.25, -0.2) is 9.79 Å². The van der Waals surface area contributed by atoms with E-state index in [0.29, 0.717) is 26.4 Å². The van der Waals surface area contributed by atoms with Gasteiger partial charge >= 0.3 is 5.97 Å². The van der Waals surface area contributed by atoms with Crippen molar-refractivity contribution < 1.29 is 14.3 Å². The number of benzene rings is 3. The van der Waals surface area contributed by atoms with Crippen LogP contribution in [0.2, 0.25) is 0 Å². The summed E-state index contributed by atoms with van der Waals surface area (Å²) < 4.78 is 14.8. The number of hydrogen-bond donors (Lipinski definition) is 0. The maximum atomic E-state index is 14.1. The molecule has 5 rings (SSSR count). The number of aromatic nitrogens is 1. The summed E-state index contributed by atoms with van der Waals surface area (Å²) in [5, 5.41) is 0. The average molecular weight is 700 g/mol. The molecule has 0 bridgehead atoms. The van der Waals surface area contributed by atoms with Crippen LogP contribution in [-0.2, 0) is 9.53 Å². The number of esters is 1. The molecule has 0 spiro atoms. The highest BCUT2D eigenvalue weighted by Crippen LogP contribution is 2.36. The lowest BCUT2D eigenvalue weighted by Crippen LogP contribution is -2.40. The molecule has 0 radical (unpaired) electrons. The van der Waals surface area contributed by atoms with Crippen molar-refractivity contribution in [2.75, 3.05) is 20.0 Å². The molecule has 10 heteroatoms. The van der Waals surface area contributed by atoms with Crippen LogP contribution in [0.25, 0.3) is 11.8 Å². The standard InChI is InChI=1S/C30H24Br2N2O4S2/c1-4-38-29(36)24-25(17-8-6-5-7-9-17)33-30-34(26(24)18-10-12-21(39-3)13-11-18)28(35)23(40-30)15-19-14-20(31)16-22(32)27(19)37-2/h5-16,26H,4H2,1-3H3/b23-15-/t26-/m1/s1. The van der Waals surface area contributed by atoms with Crippen LogP contribution in [0.15, 0.2) is 95.9 Å². The number of thiazole rings is 1. The molecule has 1 aliphatic rings. The number of hydrogen-bond acceptors (Lipinski definition) is 7. The molecule has 40 heavy (non-hydrogen) atoms. The van der Waals surface area contributed by atoms with E-state index >= 15 is 0 Å². The third kappa shape index (κ3) is 5.50. The first-order chi connectivity index (χ1) is 19.4. The van der Waals surface area contributed by atoms with Crippen LogP contribution in [0.4, 0.5) is 0 Å². The van der Waals surface area contributed by atoms with Crippen molar-refractivity contribution in [1.82, 2.24) is 4.57 Å². The molecule has 1 atom stereocenters. The highest BCUT2D eigenvalue weighted by Gasteiger charge is 2.35. The molecule has 1 aliphatic heterocycles. The molecule has 2 heterocycles. The molecule has 4 aromatic rings. The Hall–Kier alpha value is -2.92. The molecule has 204 valence electrons. The summed E-state index contributed by atoms with van der Waals surface area (Å²) in [6.45, 7) is 1.96. The minimum Gasteiger partial charge on any atom is -0.495 e. The average Bonchev–Trinajstić information content (AvgIpc) is 3.27. The van der Waals surface area contributed by atoms with E-state index in [1.54, 1.807) is 36.4 Å². The van der Waals surface area contributed by atoms with Gasteiger partial charge in [0.05, 0.1) is 40.0 Å². The van der Waals surface area contributed by atoms with Crippen molar-refractivity contribution in [2.45, 2.75) is 17.9 Å². The first-order valence-corrected chi connectivity index (χ1v) is 15.9. The van der Waals surface area contributed by atoms with Crippen molar-refractivity contribution in [3.8, 4) is 5.75 Å². The number of thioether (sulfide) groups is 1. The van der Waals surface area contributed by atoms with E-state index in [0.717, 1.165) is 30.5 Å². The van der Waals surface area contributed by atoms with Crippen LogP contribution in [0.5, 0.6) is 5.75 Å². The normalized spacial score (nSPS) is 15.0. The first-order valence-electron chi connectivity index (χ1n) is 12.3. The van der Waals surface area contributed by atoms with Gasteiger partial charge in [0.15, 0.2) is 4.80 Å². The Bertz CT molecular complexity index is 1800. The molecule has 0 aliphatic carbocycles. The summed E-state index contributed by atoms with van der Waals surface area (Å²) in [5.74, 6) is 0.103. The Morgan fingerprint density at radius 3 is 2.50 bits per heavy atom. The number of fused-ring (bicyclic) bond motifs is 1. The van der Waals surface area contributed by atoms with Crippen molar-refractivity contribution in [2.24, 2.45) is 4.99 Å². The van der Waals surface area contributed by atoms with E-state index in [1.807, 2.05) is 73.0 Å². The van der Waals surface area contributed by atoms with Crippen LogP contribution in [0.1, 0.15) is 29.7 Å². The zero-order valence-electron chi connectivity index (χ0n) is 21.8. The summed E-state index contributed by atoms with van der Waals surface area (Å²) in [6.07, 6.45) is 3.80. The van der Waals surface area contributed by atoms with Crippen LogP contribution in [0.3, 0.4) is 0 Å². The van der Waals surface area contributed by atoms with Gasteiger partial charge in [-0.15, -0.1) is 11.8 Å². The summed E-state index contributed by atoms with van der Waals surface area (Å²) in [6, 6.07) is 20.5. The molecule has 0 saturated heterocycles. The smallest absolute Gasteiger partial charge is 0.338 e. The number of nitrogens with zero attached hydrogens (tertiary/aromatic N) is 2. The van der Waals surface area contributed by atoms with Crippen LogP contribution < -0.4 is 19.6 Å². The molecule has 6 nitrogen and oxygen atoms in total. The third-order valence-corrected chi connectivity index (χ3v) is 9.11. The Kier molecular flexibility index (Phi) is 8.80. The highest BCUT2D eigenvalue weighted by molar-refractivity contribution is 9.11. The van der Waals surface area contributed by atoms with Crippen molar-refractivity contribution in [3.63, 3.8) is 0 Å². The number of rotatable bonds is 7. The van der Waals surface area contributed by atoms with Crippen LogP contribution in [0, 0.1) is 0 Å². The fourth-order valence-electron chi connectivity index (χ4n) is 4.59. The minimum absolute atomic E-state index is 0.199. The molecule has 0 unspecified atom stereocenters. The van der Waals surface area contributed by atoms with Gasteiger partial charge in [0.1, 0.15) is 5.75 Å². The Labute approximate surface area is 256 Å². The van der Waals surface area contributed by atoms with E-state index in [1.165, 1.54) is 11.3 Å². The number of halogens is 2. The lowest BCUT2D eigenvalue weighted by atomic mass is 9.93. The second-order valence-corrected chi connectivity index (χ2v) is 12.4. The molecular formula is C30H24Br2N2O4S2. The van der Waals surface area contributed by atoms with E-state index in [4.69, 9.17) is 14.5 Å². The van der Waals surface area contributed by atoms with Gasteiger partial charge in [0.25, 0.3) is 5.56 Å². The predicted molar refractivity (Wildman–Crippen MR) is 168 cm³/mol. The molecule has 1 aromatic heterocycles. The van der Waals surface area contributed by atoms with E-state index < -0.39 is 12.0 Å². The molecule has 0 N–H and O–H groups in total. The van der Waals surface area contributed by atoms with Gasteiger partial charge in [0.2, 0.25) is 0 Å². The largest absolute Gasteiger partial charge is 0.495 e. The lowest BCUT2D eigenvalue weighted by Gasteiger charge is -2.26. The molecule has 0 amide bonds. The van der Waals surface area contributed by atoms with Gasteiger partial charge in [-0.3, -0.25) is 9.36 Å². The topological polar surface area (TPSA) is 69.9 Å². The summed E-state index contributed by atoms with van der Waals surface area (Å²) in [5.41, 5.74) is 2.85. The Balaban J connectivity index is 1.84. The Morgan fingerprint density at radius 1 is 1.12 bits per heavy atom. The van der Waals surface area contributed by atoms with E-state index in [9.17, 15) is 9.59 Å². The number of carbonyl (C=O) groups excluding carboxylic acids is 1. The maximum absolute atomic E-state index is 14.1.